The van der Waals surface area contributed by atoms with Crippen molar-refractivity contribution >= 4 is 6.08 Å². The molecule has 0 spiro atoms. The second-order valence-corrected chi connectivity index (χ2v) is 4.67. The predicted molar refractivity (Wildman–Crippen MR) is 80.7 cm³/mol. The topological polar surface area (TPSA) is 0 Å². The lowest BCUT2D eigenvalue weighted by Gasteiger charge is -2.13. The third kappa shape index (κ3) is 2.24. The first-order valence-corrected chi connectivity index (χ1v) is 6.20. The molecule has 0 heteroatoms. The number of allylic oxidation sites excluding steroid dienone is 1. The molecule has 0 nitrogen and oxygen atoms in total. The minimum atomic E-state index is 0. The van der Waals surface area contributed by atoms with Gasteiger partial charge in [0.25, 0.3) is 0 Å². The molecule has 0 aromatic heterocycles. The van der Waals surface area contributed by atoms with Crippen LogP contribution in [0.2, 0.25) is 0 Å². The van der Waals surface area contributed by atoms with Crippen LogP contribution in [0, 0.1) is 6.92 Å². The molecule has 0 unspecified atom stereocenters. The van der Waals surface area contributed by atoms with Crippen LogP contribution in [0.5, 0.6) is 0 Å². The molecule has 18 heavy (non-hydrogen) atoms. The lowest BCUT2D eigenvalue weighted by atomic mass is 9.92. The lowest BCUT2D eigenvalue weighted by molar-refractivity contribution is 0.986. The molecule has 92 valence electrons. The van der Waals surface area contributed by atoms with E-state index in [4.69, 9.17) is 0 Å². The molecule has 0 saturated heterocycles. The van der Waals surface area contributed by atoms with E-state index >= 15 is 0 Å². The van der Waals surface area contributed by atoms with Crippen LogP contribution in [-0.2, 0) is 6.42 Å². The highest BCUT2D eigenvalue weighted by Crippen LogP contribution is 2.28. The normalized spacial score (nSPS) is 12.7. The summed E-state index contributed by atoms with van der Waals surface area (Å²) in [5, 5.41) is 0. The van der Waals surface area contributed by atoms with Crippen LogP contribution in [-0.4, -0.2) is 0 Å². The van der Waals surface area contributed by atoms with Crippen LogP contribution < -0.4 is 0 Å². The molecule has 0 radical (unpaired) electrons. The van der Waals surface area contributed by atoms with Gasteiger partial charge in [-0.3, -0.25) is 0 Å². The van der Waals surface area contributed by atoms with Gasteiger partial charge in [-0.2, -0.15) is 0 Å². The largest absolute Gasteiger partial charge is 0.0836 e. The zero-order valence-electron chi connectivity index (χ0n) is 10.1. The Balaban J connectivity index is 0.00000120. The molecule has 2 aromatic rings. The van der Waals surface area contributed by atoms with Gasteiger partial charge in [0.15, 0.2) is 0 Å². The van der Waals surface area contributed by atoms with Crippen LogP contribution in [0.4, 0.5) is 0 Å². The highest BCUT2D eigenvalue weighted by atomic mass is 14.1. The summed E-state index contributed by atoms with van der Waals surface area (Å²) in [5.41, 5.74) is 6.91. The summed E-state index contributed by atoms with van der Waals surface area (Å²) in [6.07, 6.45) is 6.84. The van der Waals surface area contributed by atoms with Gasteiger partial charge in [0.05, 0.1) is 0 Å². The van der Waals surface area contributed by atoms with E-state index in [1.54, 1.807) is 0 Å². The van der Waals surface area contributed by atoms with Crippen molar-refractivity contribution in [1.29, 1.82) is 0 Å². The zero-order chi connectivity index (χ0) is 11.7. The van der Waals surface area contributed by atoms with Gasteiger partial charge in [-0.05, 0) is 47.6 Å². The van der Waals surface area contributed by atoms with Gasteiger partial charge in [0, 0.05) is 0 Å². The second-order valence-electron chi connectivity index (χ2n) is 4.67. The van der Waals surface area contributed by atoms with Crippen LogP contribution >= 0.6 is 0 Å². The van der Waals surface area contributed by atoms with Crippen molar-refractivity contribution in [3.63, 3.8) is 0 Å². The molecule has 3 rings (SSSR count). The summed E-state index contributed by atoms with van der Waals surface area (Å²) in [6.45, 7) is 2.18. The fraction of sp³-hybridized carbons (Fsp3) is 0.222. The standard InChI is InChI=1S/C17H16.CH4/c1-13-6-2-5-9-17(13)16-11-10-14-7-3-4-8-15(14)12-16;/h2-3,5-7,9-12H,4,8H2,1H3;1H4. The number of fused-ring (bicyclic) bond motifs is 1. The minimum Gasteiger partial charge on any atom is -0.0836 e. The maximum Gasteiger partial charge on any atom is -0.0155 e. The van der Waals surface area contributed by atoms with Crippen molar-refractivity contribution in [2.45, 2.75) is 27.2 Å². The van der Waals surface area contributed by atoms with E-state index < -0.39 is 0 Å². The first kappa shape index (κ1) is 12.6. The Morgan fingerprint density at radius 2 is 1.83 bits per heavy atom. The van der Waals surface area contributed by atoms with E-state index in [-0.39, 0.29) is 7.43 Å². The fourth-order valence-electron chi connectivity index (χ4n) is 2.50. The Bertz CT molecular complexity index is 576. The minimum absolute atomic E-state index is 0. The van der Waals surface area contributed by atoms with E-state index in [1.165, 1.54) is 40.7 Å². The zero-order valence-corrected chi connectivity index (χ0v) is 10.1. The van der Waals surface area contributed by atoms with E-state index in [0.29, 0.717) is 0 Å². The van der Waals surface area contributed by atoms with Gasteiger partial charge in [-0.25, -0.2) is 0 Å². The number of hydrogen-bond acceptors (Lipinski definition) is 0. The van der Waals surface area contributed by atoms with Crippen molar-refractivity contribution < 1.29 is 0 Å². The summed E-state index contributed by atoms with van der Waals surface area (Å²) in [5.74, 6) is 0. The average Bonchev–Trinajstić information content (AvgIpc) is 2.39. The lowest BCUT2D eigenvalue weighted by Crippen LogP contribution is -1.94. The number of benzene rings is 2. The predicted octanol–water partition coefficient (Wildman–Crippen LogP) is 5.26. The molecular formula is C18H20. The van der Waals surface area contributed by atoms with Crippen molar-refractivity contribution in [2.24, 2.45) is 0 Å². The highest BCUT2D eigenvalue weighted by Gasteiger charge is 2.07. The summed E-state index contributed by atoms with van der Waals surface area (Å²) in [7, 11) is 0. The third-order valence-electron chi connectivity index (χ3n) is 3.48. The SMILES string of the molecule is C.Cc1ccccc1-c1ccc2c(c1)CCC=C2. The molecule has 2 aromatic carbocycles. The van der Waals surface area contributed by atoms with Crippen LogP contribution in [0.25, 0.3) is 17.2 Å². The van der Waals surface area contributed by atoms with Gasteiger partial charge in [0.1, 0.15) is 0 Å². The Morgan fingerprint density at radius 1 is 1.00 bits per heavy atom. The monoisotopic (exact) mass is 236 g/mol. The maximum absolute atomic E-state index is 2.35. The Kier molecular flexibility index (Phi) is 3.66. The maximum atomic E-state index is 2.35. The number of aryl methyl sites for hydroxylation is 2. The summed E-state index contributed by atoms with van der Waals surface area (Å²) in [4.78, 5) is 0. The van der Waals surface area contributed by atoms with E-state index in [9.17, 15) is 0 Å². The number of hydrogen-bond donors (Lipinski definition) is 0. The average molecular weight is 236 g/mol. The highest BCUT2D eigenvalue weighted by molar-refractivity contribution is 5.71. The molecule has 0 aliphatic heterocycles. The Hall–Kier alpha value is -1.82. The van der Waals surface area contributed by atoms with Crippen LogP contribution in [0.3, 0.4) is 0 Å². The molecule has 0 N–H and O–H groups in total. The van der Waals surface area contributed by atoms with Crippen LogP contribution in [0.1, 0.15) is 30.5 Å². The number of rotatable bonds is 1. The van der Waals surface area contributed by atoms with E-state index in [2.05, 4.69) is 61.5 Å². The van der Waals surface area contributed by atoms with Crippen LogP contribution in [0.15, 0.2) is 48.5 Å². The Morgan fingerprint density at radius 3 is 2.67 bits per heavy atom. The molecule has 0 amide bonds. The van der Waals surface area contributed by atoms with E-state index in [1.807, 2.05) is 0 Å². The molecule has 0 fully saturated rings. The molecule has 0 atom stereocenters. The second kappa shape index (κ2) is 5.22. The molecule has 1 aliphatic rings. The molecular weight excluding hydrogens is 216 g/mol. The molecule has 0 bridgehead atoms. The molecule has 1 aliphatic carbocycles. The first-order valence-electron chi connectivity index (χ1n) is 6.20. The third-order valence-corrected chi connectivity index (χ3v) is 3.48. The summed E-state index contributed by atoms with van der Waals surface area (Å²) >= 11 is 0. The smallest absolute Gasteiger partial charge is 0.0155 e. The fourth-order valence-corrected chi connectivity index (χ4v) is 2.50. The molecule has 0 saturated carbocycles. The van der Waals surface area contributed by atoms with Gasteiger partial charge >= 0.3 is 0 Å². The summed E-state index contributed by atoms with van der Waals surface area (Å²) in [6, 6.07) is 15.4. The van der Waals surface area contributed by atoms with E-state index in [0.717, 1.165) is 0 Å². The Labute approximate surface area is 110 Å². The van der Waals surface area contributed by atoms with Crippen molar-refractivity contribution in [3.05, 3.63) is 65.2 Å². The summed E-state index contributed by atoms with van der Waals surface area (Å²) < 4.78 is 0. The molecule has 0 heterocycles. The van der Waals surface area contributed by atoms with Crippen molar-refractivity contribution in [1.82, 2.24) is 0 Å². The van der Waals surface area contributed by atoms with Gasteiger partial charge in [0.2, 0.25) is 0 Å². The van der Waals surface area contributed by atoms with Crippen molar-refractivity contribution in [2.75, 3.05) is 0 Å². The van der Waals surface area contributed by atoms with Gasteiger partial charge in [-0.1, -0.05) is 62.0 Å². The quantitative estimate of drug-likeness (QED) is 0.633. The first-order chi connectivity index (χ1) is 8.34. The van der Waals surface area contributed by atoms with Gasteiger partial charge in [-0.15, -0.1) is 0 Å². The van der Waals surface area contributed by atoms with Gasteiger partial charge < -0.3 is 0 Å². The van der Waals surface area contributed by atoms with Crippen molar-refractivity contribution in [3.8, 4) is 11.1 Å².